The monoisotopic (exact) mass is 204 g/mol. The van der Waals surface area contributed by atoms with Gasteiger partial charge in [-0.2, -0.15) is 5.10 Å². The maximum Gasteiger partial charge on any atom is 0.253 e. The average Bonchev–Trinajstić information content (AvgIpc) is 2.64. The largest absolute Gasteiger partial charge is 0.309 e. The molecule has 0 radical (unpaired) electrons. The third kappa shape index (κ3) is 3.78. The predicted molar refractivity (Wildman–Crippen MR) is 48.2 cm³/mol. The fraction of sp³-hybridized carbons (Fsp3) is 0.750. The van der Waals surface area contributed by atoms with Crippen LogP contribution >= 0.6 is 0 Å². The van der Waals surface area contributed by atoms with Gasteiger partial charge in [-0.3, -0.25) is 5.10 Å². The van der Waals surface area contributed by atoms with Crippen LogP contribution in [0.5, 0.6) is 0 Å². The Morgan fingerprint density at radius 2 is 2.36 bits per heavy atom. The first-order chi connectivity index (χ1) is 6.70. The van der Waals surface area contributed by atoms with Crippen LogP contribution in [0, 0.1) is 0 Å². The van der Waals surface area contributed by atoms with E-state index in [0.29, 0.717) is 6.54 Å². The summed E-state index contributed by atoms with van der Waals surface area (Å²) in [6, 6.07) is -0.746. The summed E-state index contributed by atoms with van der Waals surface area (Å²) >= 11 is 0. The fourth-order valence-electron chi connectivity index (χ4n) is 1.03. The summed E-state index contributed by atoms with van der Waals surface area (Å²) in [7, 11) is 0. The maximum atomic E-state index is 12.0. The second-order valence-electron chi connectivity index (χ2n) is 3.11. The van der Waals surface area contributed by atoms with E-state index in [0.717, 1.165) is 18.7 Å². The summed E-state index contributed by atoms with van der Waals surface area (Å²) in [5.74, 6) is 0.788. The van der Waals surface area contributed by atoms with E-state index in [2.05, 4.69) is 20.5 Å². The van der Waals surface area contributed by atoms with Crippen molar-refractivity contribution in [2.24, 2.45) is 0 Å². The molecule has 0 spiro atoms. The molecule has 1 unspecified atom stereocenters. The van der Waals surface area contributed by atoms with Crippen LogP contribution in [0.4, 0.5) is 8.78 Å². The van der Waals surface area contributed by atoms with Crippen LogP contribution in [0.3, 0.4) is 0 Å². The molecule has 1 heterocycles. The molecule has 0 amide bonds. The quantitative estimate of drug-likeness (QED) is 0.679. The van der Waals surface area contributed by atoms with Gasteiger partial charge in [-0.05, 0) is 19.9 Å². The SMILES string of the molecule is CC(NCCCc1ncn[nH]1)C(F)F. The first kappa shape index (κ1) is 11.0. The summed E-state index contributed by atoms with van der Waals surface area (Å²) in [6.07, 6.45) is 0.625. The highest BCUT2D eigenvalue weighted by molar-refractivity contribution is 4.79. The molecular formula is C8H14F2N4. The Bertz CT molecular complexity index is 237. The van der Waals surface area contributed by atoms with Gasteiger partial charge in [-0.25, -0.2) is 13.8 Å². The predicted octanol–water partition coefficient (Wildman–Crippen LogP) is 0.980. The van der Waals surface area contributed by atoms with Crippen molar-refractivity contribution in [2.45, 2.75) is 32.2 Å². The number of hydrogen-bond donors (Lipinski definition) is 2. The van der Waals surface area contributed by atoms with Crippen molar-refractivity contribution < 1.29 is 8.78 Å². The lowest BCUT2D eigenvalue weighted by atomic mass is 10.2. The van der Waals surface area contributed by atoms with Crippen molar-refractivity contribution in [2.75, 3.05) is 6.54 Å². The Morgan fingerprint density at radius 1 is 1.57 bits per heavy atom. The number of nitrogens with zero attached hydrogens (tertiary/aromatic N) is 2. The molecule has 0 bridgehead atoms. The van der Waals surface area contributed by atoms with E-state index in [1.807, 2.05) is 0 Å². The molecule has 0 aliphatic heterocycles. The van der Waals surface area contributed by atoms with E-state index in [4.69, 9.17) is 0 Å². The van der Waals surface area contributed by atoms with Gasteiger partial charge in [-0.15, -0.1) is 0 Å². The van der Waals surface area contributed by atoms with E-state index in [-0.39, 0.29) is 0 Å². The van der Waals surface area contributed by atoms with Crippen LogP contribution in [0.2, 0.25) is 0 Å². The van der Waals surface area contributed by atoms with Gasteiger partial charge in [-0.1, -0.05) is 0 Å². The fourth-order valence-corrected chi connectivity index (χ4v) is 1.03. The van der Waals surface area contributed by atoms with Crippen LogP contribution in [0.25, 0.3) is 0 Å². The molecule has 1 aromatic heterocycles. The van der Waals surface area contributed by atoms with Gasteiger partial charge in [0, 0.05) is 6.42 Å². The highest BCUT2D eigenvalue weighted by Gasteiger charge is 2.12. The van der Waals surface area contributed by atoms with Crippen molar-refractivity contribution in [3.8, 4) is 0 Å². The first-order valence-electron chi connectivity index (χ1n) is 4.56. The maximum absolute atomic E-state index is 12.0. The molecule has 80 valence electrons. The molecule has 6 heteroatoms. The van der Waals surface area contributed by atoms with Gasteiger partial charge in [0.15, 0.2) is 0 Å². The Kier molecular flexibility index (Phi) is 4.45. The summed E-state index contributed by atoms with van der Waals surface area (Å²) in [4.78, 5) is 3.93. The Hall–Kier alpha value is -1.04. The van der Waals surface area contributed by atoms with Crippen LogP contribution < -0.4 is 5.32 Å². The Balaban J connectivity index is 2.05. The lowest BCUT2D eigenvalue weighted by Crippen LogP contribution is -2.33. The van der Waals surface area contributed by atoms with E-state index in [9.17, 15) is 8.78 Å². The number of alkyl halides is 2. The number of rotatable bonds is 6. The van der Waals surface area contributed by atoms with Crippen LogP contribution in [-0.4, -0.2) is 34.2 Å². The van der Waals surface area contributed by atoms with E-state index >= 15 is 0 Å². The topological polar surface area (TPSA) is 53.6 Å². The Labute approximate surface area is 81.1 Å². The molecule has 0 aliphatic carbocycles. The van der Waals surface area contributed by atoms with Crippen molar-refractivity contribution in [3.05, 3.63) is 12.2 Å². The molecular weight excluding hydrogens is 190 g/mol. The van der Waals surface area contributed by atoms with Gasteiger partial charge < -0.3 is 5.32 Å². The molecule has 4 nitrogen and oxygen atoms in total. The zero-order chi connectivity index (χ0) is 10.4. The number of nitrogens with one attached hydrogen (secondary N) is 2. The van der Waals surface area contributed by atoms with Gasteiger partial charge >= 0.3 is 0 Å². The highest BCUT2D eigenvalue weighted by Crippen LogP contribution is 1.99. The number of aromatic amines is 1. The minimum Gasteiger partial charge on any atom is -0.309 e. The molecule has 0 aromatic carbocycles. The Morgan fingerprint density at radius 3 is 2.93 bits per heavy atom. The molecule has 1 aromatic rings. The zero-order valence-corrected chi connectivity index (χ0v) is 8.00. The number of H-pyrrole nitrogens is 1. The van der Waals surface area contributed by atoms with Gasteiger partial charge in [0.05, 0.1) is 6.04 Å². The van der Waals surface area contributed by atoms with Crippen molar-refractivity contribution in [1.82, 2.24) is 20.5 Å². The second kappa shape index (κ2) is 5.64. The zero-order valence-electron chi connectivity index (χ0n) is 8.00. The van der Waals surface area contributed by atoms with Gasteiger partial charge in [0.1, 0.15) is 12.2 Å². The third-order valence-corrected chi connectivity index (χ3v) is 1.90. The van der Waals surface area contributed by atoms with Crippen molar-refractivity contribution >= 4 is 0 Å². The lowest BCUT2D eigenvalue weighted by Gasteiger charge is -2.11. The molecule has 14 heavy (non-hydrogen) atoms. The summed E-state index contributed by atoms with van der Waals surface area (Å²) in [6.45, 7) is 2.03. The molecule has 1 rings (SSSR count). The van der Waals surface area contributed by atoms with Gasteiger partial charge in [0.25, 0.3) is 6.43 Å². The van der Waals surface area contributed by atoms with E-state index in [1.165, 1.54) is 13.3 Å². The molecule has 0 aliphatic rings. The minimum atomic E-state index is -2.31. The smallest absolute Gasteiger partial charge is 0.253 e. The van der Waals surface area contributed by atoms with E-state index < -0.39 is 12.5 Å². The van der Waals surface area contributed by atoms with Gasteiger partial charge in [0.2, 0.25) is 0 Å². The molecule has 0 saturated carbocycles. The normalized spacial score (nSPS) is 13.4. The summed E-state index contributed by atoms with van der Waals surface area (Å²) < 4.78 is 24.1. The van der Waals surface area contributed by atoms with Crippen LogP contribution in [-0.2, 0) is 6.42 Å². The number of hydrogen-bond acceptors (Lipinski definition) is 3. The summed E-state index contributed by atoms with van der Waals surface area (Å²) in [5, 5.41) is 9.13. The third-order valence-electron chi connectivity index (χ3n) is 1.90. The molecule has 1 atom stereocenters. The van der Waals surface area contributed by atoms with Crippen LogP contribution in [0.15, 0.2) is 6.33 Å². The summed E-state index contributed by atoms with van der Waals surface area (Å²) in [5.41, 5.74) is 0. The number of halogens is 2. The molecule has 0 saturated heterocycles. The molecule has 0 fully saturated rings. The second-order valence-corrected chi connectivity index (χ2v) is 3.11. The van der Waals surface area contributed by atoms with E-state index in [1.54, 1.807) is 0 Å². The number of aromatic nitrogens is 3. The van der Waals surface area contributed by atoms with Crippen molar-refractivity contribution in [1.29, 1.82) is 0 Å². The lowest BCUT2D eigenvalue weighted by molar-refractivity contribution is 0.106. The minimum absolute atomic E-state index is 0.562. The van der Waals surface area contributed by atoms with Crippen molar-refractivity contribution in [3.63, 3.8) is 0 Å². The molecule has 2 N–H and O–H groups in total. The number of aryl methyl sites for hydroxylation is 1. The highest BCUT2D eigenvalue weighted by atomic mass is 19.3. The average molecular weight is 204 g/mol. The first-order valence-corrected chi connectivity index (χ1v) is 4.56. The standard InChI is InChI=1S/C8H14F2N4/c1-6(8(9)10)11-4-2-3-7-12-5-13-14-7/h5-6,8,11H,2-4H2,1H3,(H,12,13,14). The van der Waals surface area contributed by atoms with Crippen LogP contribution in [0.1, 0.15) is 19.2 Å².